The predicted molar refractivity (Wildman–Crippen MR) is 108 cm³/mol. The second-order valence-electron chi connectivity index (χ2n) is 8.20. The fourth-order valence-electron chi connectivity index (χ4n) is 4.13. The molecule has 150 valence electrons. The Morgan fingerprint density at radius 2 is 1.89 bits per heavy atom. The van der Waals surface area contributed by atoms with Crippen LogP contribution in [0.1, 0.15) is 56.5 Å². The molecule has 2 aliphatic rings. The molecule has 0 radical (unpaired) electrons. The van der Waals surface area contributed by atoms with Gasteiger partial charge in [-0.05, 0) is 38.7 Å². The Morgan fingerprint density at radius 3 is 2.54 bits per heavy atom. The summed E-state index contributed by atoms with van der Waals surface area (Å²) in [7, 11) is 0. The minimum absolute atomic E-state index is 0.0393. The van der Waals surface area contributed by atoms with Crippen LogP contribution in [0, 0.1) is 0 Å². The molecular formula is C21H30N6O. The number of amides is 2. The number of rotatable bonds is 5. The van der Waals surface area contributed by atoms with E-state index in [9.17, 15) is 4.79 Å². The number of likely N-dealkylation sites (tertiary alicyclic amines) is 2. The Kier molecular flexibility index (Phi) is 5.62. The van der Waals surface area contributed by atoms with Crippen LogP contribution < -0.4 is 5.32 Å². The van der Waals surface area contributed by atoms with E-state index in [0.29, 0.717) is 12.1 Å². The first-order valence-corrected chi connectivity index (χ1v) is 10.4. The summed E-state index contributed by atoms with van der Waals surface area (Å²) in [6.45, 7) is 7.45. The number of aromatic nitrogens is 3. The van der Waals surface area contributed by atoms with Gasteiger partial charge in [-0.25, -0.2) is 9.48 Å². The normalized spacial score (nSPS) is 21.0. The van der Waals surface area contributed by atoms with Crippen molar-refractivity contribution in [1.29, 1.82) is 0 Å². The first kappa shape index (κ1) is 18.9. The molecule has 4 rings (SSSR count). The van der Waals surface area contributed by atoms with E-state index in [1.807, 2.05) is 23.4 Å². The van der Waals surface area contributed by atoms with Gasteiger partial charge in [0.15, 0.2) is 0 Å². The van der Waals surface area contributed by atoms with Crippen LogP contribution in [0.3, 0.4) is 0 Å². The summed E-state index contributed by atoms with van der Waals surface area (Å²) in [5.41, 5.74) is 2.41. The highest BCUT2D eigenvalue weighted by molar-refractivity contribution is 5.74. The number of hydrogen-bond donors (Lipinski definition) is 1. The summed E-state index contributed by atoms with van der Waals surface area (Å²) in [6, 6.07) is 11.7. The molecule has 1 unspecified atom stereocenters. The molecule has 1 aromatic heterocycles. The number of carbonyl (C=O) groups excluding carboxylic acids is 1. The van der Waals surface area contributed by atoms with E-state index < -0.39 is 0 Å². The van der Waals surface area contributed by atoms with E-state index in [1.54, 1.807) is 0 Å². The summed E-state index contributed by atoms with van der Waals surface area (Å²) in [4.78, 5) is 16.5. The van der Waals surface area contributed by atoms with Crippen LogP contribution in [0.2, 0.25) is 0 Å². The second kappa shape index (κ2) is 8.31. The maximum atomic E-state index is 12.1. The van der Waals surface area contributed by atoms with Crippen molar-refractivity contribution in [1.82, 2.24) is 30.1 Å². The van der Waals surface area contributed by atoms with Gasteiger partial charge in [-0.3, -0.25) is 4.90 Å². The number of piperidine rings is 1. The molecule has 28 heavy (non-hydrogen) atoms. The summed E-state index contributed by atoms with van der Waals surface area (Å²) in [5, 5.41) is 11.8. The predicted octanol–water partition coefficient (Wildman–Crippen LogP) is 2.98. The smallest absolute Gasteiger partial charge is 0.317 e. The average molecular weight is 383 g/mol. The number of carbonyl (C=O) groups is 1. The maximum Gasteiger partial charge on any atom is 0.317 e. The average Bonchev–Trinajstić information content (AvgIpc) is 3.14. The van der Waals surface area contributed by atoms with Gasteiger partial charge in [0.05, 0.1) is 17.9 Å². The Hall–Kier alpha value is -2.41. The number of benzene rings is 1. The molecule has 3 heterocycles. The molecule has 2 aromatic rings. The van der Waals surface area contributed by atoms with Gasteiger partial charge < -0.3 is 10.2 Å². The van der Waals surface area contributed by atoms with Gasteiger partial charge >= 0.3 is 6.03 Å². The first-order chi connectivity index (χ1) is 13.6. The standard InChI is InChI=1S/C21H30N6O/c1-16(2)22-21(28)25-11-8-19(9-12-25)27-15-18(23-24-27)14-26-13-10-20(26)17-6-4-3-5-7-17/h3-7,15-16,19-20H,8-14H2,1-2H3,(H,22,28). The van der Waals surface area contributed by atoms with Crippen molar-refractivity contribution in [2.24, 2.45) is 0 Å². The molecule has 1 N–H and O–H groups in total. The third-order valence-corrected chi connectivity index (χ3v) is 5.78. The lowest BCUT2D eigenvalue weighted by Gasteiger charge is -2.40. The van der Waals surface area contributed by atoms with Crippen molar-refractivity contribution in [3.05, 3.63) is 47.8 Å². The minimum atomic E-state index is 0.0393. The van der Waals surface area contributed by atoms with Crippen molar-refractivity contribution in [3.63, 3.8) is 0 Å². The SMILES string of the molecule is CC(C)NC(=O)N1CCC(n2cc(CN3CCC3c3ccccc3)nn2)CC1. The minimum Gasteiger partial charge on any atom is -0.336 e. The summed E-state index contributed by atoms with van der Waals surface area (Å²) in [5.74, 6) is 0. The molecule has 0 saturated carbocycles. The van der Waals surface area contributed by atoms with Crippen molar-refractivity contribution >= 4 is 6.03 Å². The third kappa shape index (κ3) is 4.19. The lowest BCUT2D eigenvalue weighted by atomic mass is 9.94. The topological polar surface area (TPSA) is 66.3 Å². The van der Waals surface area contributed by atoms with Crippen molar-refractivity contribution in [2.75, 3.05) is 19.6 Å². The van der Waals surface area contributed by atoms with E-state index in [4.69, 9.17) is 0 Å². The van der Waals surface area contributed by atoms with Gasteiger partial charge in [0.1, 0.15) is 0 Å². The Bertz CT molecular complexity index is 781. The van der Waals surface area contributed by atoms with Crippen molar-refractivity contribution in [2.45, 2.75) is 57.8 Å². The first-order valence-electron chi connectivity index (χ1n) is 10.4. The van der Waals surface area contributed by atoms with Crippen LogP contribution in [-0.2, 0) is 6.54 Å². The molecule has 7 heteroatoms. The summed E-state index contributed by atoms with van der Waals surface area (Å²) in [6.07, 6.45) is 5.14. The Balaban J connectivity index is 1.30. The molecule has 1 aromatic carbocycles. The molecule has 2 fully saturated rings. The highest BCUT2D eigenvalue weighted by Crippen LogP contribution is 2.34. The molecule has 2 saturated heterocycles. The van der Waals surface area contributed by atoms with Gasteiger partial charge in [0.2, 0.25) is 0 Å². The molecule has 2 amide bonds. The lowest BCUT2D eigenvalue weighted by Crippen LogP contribution is -2.46. The molecule has 7 nitrogen and oxygen atoms in total. The molecule has 0 aliphatic carbocycles. The number of hydrogen-bond acceptors (Lipinski definition) is 4. The van der Waals surface area contributed by atoms with Crippen LogP contribution in [0.5, 0.6) is 0 Å². The van der Waals surface area contributed by atoms with Crippen LogP contribution >= 0.6 is 0 Å². The van der Waals surface area contributed by atoms with Gasteiger partial charge in [0.25, 0.3) is 0 Å². The highest BCUT2D eigenvalue weighted by Gasteiger charge is 2.30. The van der Waals surface area contributed by atoms with E-state index in [-0.39, 0.29) is 12.1 Å². The van der Waals surface area contributed by atoms with Crippen LogP contribution in [0.4, 0.5) is 4.79 Å². The monoisotopic (exact) mass is 382 g/mol. The van der Waals surface area contributed by atoms with E-state index in [1.165, 1.54) is 12.0 Å². The zero-order valence-corrected chi connectivity index (χ0v) is 16.8. The second-order valence-corrected chi connectivity index (χ2v) is 8.20. The Labute approximate surface area is 166 Å². The van der Waals surface area contributed by atoms with E-state index >= 15 is 0 Å². The molecule has 1 atom stereocenters. The third-order valence-electron chi connectivity index (χ3n) is 5.78. The maximum absolute atomic E-state index is 12.1. The highest BCUT2D eigenvalue weighted by atomic mass is 16.2. The van der Waals surface area contributed by atoms with Crippen LogP contribution in [0.25, 0.3) is 0 Å². The number of nitrogens with one attached hydrogen (secondary N) is 1. The van der Waals surface area contributed by atoms with Crippen LogP contribution in [0.15, 0.2) is 36.5 Å². The largest absolute Gasteiger partial charge is 0.336 e. The number of nitrogens with zero attached hydrogens (tertiary/aromatic N) is 5. The zero-order valence-electron chi connectivity index (χ0n) is 16.8. The quantitative estimate of drug-likeness (QED) is 0.863. The Morgan fingerprint density at radius 1 is 1.14 bits per heavy atom. The summed E-state index contributed by atoms with van der Waals surface area (Å²) < 4.78 is 2.00. The lowest BCUT2D eigenvalue weighted by molar-refractivity contribution is 0.0803. The fraction of sp³-hybridized carbons (Fsp3) is 0.571. The van der Waals surface area contributed by atoms with Crippen molar-refractivity contribution < 1.29 is 4.79 Å². The van der Waals surface area contributed by atoms with Crippen molar-refractivity contribution in [3.8, 4) is 0 Å². The molecule has 2 aliphatic heterocycles. The fourth-order valence-corrected chi connectivity index (χ4v) is 4.13. The van der Waals surface area contributed by atoms with Gasteiger partial charge in [0, 0.05) is 38.3 Å². The van der Waals surface area contributed by atoms with E-state index in [0.717, 1.165) is 44.7 Å². The molecule has 0 bridgehead atoms. The van der Waals surface area contributed by atoms with Gasteiger partial charge in [-0.2, -0.15) is 0 Å². The van der Waals surface area contributed by atoms with Crippen LogP contribution in [-0.4, -0.2) is 56.5 Å². The van der Waals surface area contributed by atoms with Gasteiger partial charge in [-0.15, -0.1) is 5.10 Å². The van der Waals surface area contributed by atoms with E-state index in [2.05, 4.69) is 57.1 Å². The van der Waals surface area contributed by atoms with Gasteiger partial charge in [-0.1, -0.05) is 35.5 Å². The summed E-state index contributed by atoms with van der Waals surface area (Å²) >= 11 is 0. The molecular weight excluding hydrogens is 352 g/mol. The molecule has 0 spiro atoms. The zero-order chi connectivity index (χ0) is 19.5. The number of urea groups is 1.